The van der Waals surface area contributed by atoms with Gasteiger partial charge >= 0.3 is 6.09 Å². The topological polar surface area (TPSA) is 87.1 Å². The Morgan fingerprint density at radius 2 is 1.63 bits per heavy atom. The summed E-state index contributed by atoms with van der Waals surface area (Å²) in [4.78, 5) is 31.6. The Labute approximate surface area is 360 Å². The van der Waals surface area contributed by atoms with Gasteiger partial charge in [-0.3, -0.25) is 4.79 Å². The van der Waals surface area contributed by atoms with Crippen molar-refractivity contribution in [3.8, 4) is 0 Å². The highest BCUT2D eigenvalue weighted by atomic mass is 35.5. The standard InChI is InChI=1S/C52H63ClFNO5/c1-32(2)37-17-16-33(3)26-44(37)60-47(58)55(30-35-12-8-11-34-10-6-7-13-38(34)35)31-51(59)23-20-46-49(51,5)22-19-45-48(4)21-18-36(56)28-50(48)24-25-52(45,46)40(29-50)43(57)27-39-41(53)14-9-15-42(39)54/h6-15,24-25,29,32-33,36-37,44-46,56,59H,16-23,26-28,30-31H2,1-5H3. The average Bonchev–Trinajstić information content (AvgIpc) is 3.48. The molecule has 320 valence electrons. The summed E-state index contributed by atoms with van der Waals surface area (Å²) in [5, 5.41) is 27.0. The van der Waals surface area contributed by atoms with E-state index in [9.17, 15) is 19.8 Å². The lowest BCUT2D eigenvalue weighted by molar-refractivity contribution is -0.178. The monoisotopic (exact) mass is 835 g/mol. The van der Waals surface area contributed by atoms with E-state index in [0.29, 0.717) is 49.6 Å². The minimum atomic E-state index is -1.29. The zero-order valence-corrected chi connectivity index (χ0v) is 36.8. The van der Waals surface area contributed by atoms with Gasteiger partial charge in [0, 0.05) is 45.4 Å². The number of nitrogens with zero attached hydrogens (tertiary/aromatic N) is 1. The molecule has 6 nitrogen and oxygen atoms in total. The smallest absolute Gasteiger partial charge is 0.410 e. The Morgan fingerprint density at radius 1 is 0.917 bits per heavy atom. The van der Waals surface area contributed by atoms with Crippen molar-refractivity contribution in [1.82, 2.24) is 4.90 Å². The molecule has 2 spiro atoms. The molecule has 2 bridgehead atoms. The molecule has 7 aliphatic rings. The Kier molecular flexibility index (Phi) is 10.5. The molecule has 4 saturated carbocycles. The first-order chi connectivity index (χ1) is 28.5. The van der Waals surface area contributed by atoms with Crippen molar-refractivity contribution < 1.29 is 28.9 Å². The summed E-state index contributed by atoms with van der Waals surface area (Å²) >= 11 is 6.55. The van der Waals surface area contributed by atoms with E-state index in [1.54, 1.807) is 17.0 Å². The van der Waals surface area contributed by atoms with Gasteiger partial charge in [0.05, 0.1) is 18.2 Å². The molecule has 3 aromatic carbocycles. The molecule has 0 aliphatic heterocycles. The van der Waals surface area contributed by atoms with Crippen LogP contribution in [0.25, 0.3) is 10.8 Å². The molecule has 60 heavy (non-hydrogen) atoms. The maximum Gasteiger partial charge on any atom is 0.410 e. The third-order valence-corrected chi connectivity index (χ3v) is 17.9. The Balaban J connectivity index is 1.10. The van der Waals surface area contributed by atoms with Crippen molar-refractivity contribution >= 4 is 34.2 Å². The van der Waals surface area contributed by atoms with Crippen molar-refractivity contribution in [2.75, 3.05) is 6.54 Å². The lowest BCUT2D eigenvalue weighted by Gasteiger charge is -2.71. The summed E-state index contributed by atoms with van der Waals surface area (Å²) in [5.74, 6) is 0.420. The number of halogens is 2. The van der Waals surface area contributed by atoms with E-state index in [-0.39, 0.29) is 64.7 Å². The summed E-state index contributed by atoms with van der Waals surface area (Å²) in [7, 11) is 0. The molecule has 7 aliphatic carbocycles. The van der Waals surface area contributed by atoms with Crippen molar-refractivity contribution in [2.24, 2.45) is 51.2 Å². The number of amides is 1. The minimum Gasteiger partial charge on any atom is -0.446 e. The van der Waals surface area contributed by atoms with Crippen LogP contribution in [0.5, 0.6) is 0 Å². The maximum atomic E-state index is 15.3. The fourth-order valence-corrected chi connectivity index (χ4v) is 14.4. The first kappa shape index (κ1) is 41.8. The molecule has 11 atom stereocenters. The van der Waals surface area contributed by atoms with Crippen molar-refractivity contribution in [3.05, 3.63) is 106 Å². The second-order valence-corrected chi connectivity index (χ2v) is 21.3. The molecule has 2 N–H and O–H groups in total. The van der Waals surface area contributed by atoms with Crippen LogP contribution in [-0.2, 0) is 22.5 Å². The number of rotatable bonds is 9. The SMILES string of the molecule is CC1CCC(C(C)C)C(OC(=O)N(Cc2cccc3ccccc23)CC2(O)CCC3C45C=CC6(C=C4C(=O)Cc4c(F)cccc4Cl)CC(O)CCC6(C)C5CCC32C)C1. The van der Waals surface area contributed by atoms with Gasteiger partial charge in [0.1, 0.15) is 11.9 Å². The van der Waals surface area contributed by atoms with Crippen molar-refractivity contribution in [1.29, 1.82) is 0 Å². The number of aliphatic hydroxyl groups excluding tert-OH is 1. The van der Waals surface area contributed by atoms with E-state index in [1.807, 2.05) is 18.2 Å². The van der Waals surface area contributed by atoms with Crippen LogP contribution >= 0.6 is 11.6 Å². The summed E-state index contributed by atoms with van der Waals surface area (Å²) in [5.41, 5.74) is -1.52. The fraction of sp³-hybridized carbons (Fsp3) is 0.577. The molecule has 1 amide bonds. The molecule has 10 rings (SSSR count). The Hall–Kier alpha value is -3.52. The number of benzene rings is 3. The molecule has 0 saturated heterocycles. The third kappa shape index (κ3) is 6.36. The number of allylic oxidation sites excluding steroid dienone is 4. The van der Waals surface area contributed by atoms with Gasteiger partial charge in [-0.15, -0.1) is 0 Å². The number of carbonyl (C=O) groups excluding carboxylic acids is 2. The van der Waals surface area contributed by atoms with Crippen molar-refractivity contribution in [3.63, 3.8) is 0 Å². The quantitative estimate of drug-likeness (QED) is 0.210. The summed E-state index contributed by atoms with van der Waals surface area (Å²) in [6, 6.07) is 19.0. The maximum absolute atomic E-state index is 15.3. The van der Waals surface area contributed by atoms with Crippen LogP contribution in [0.4, 0.5) is 9.18 Å². The molecule has 8 heteroatoms. The van der Waals surface area contributed by atoms with E-state index >= 15 is 4.39 Å². The van der Waals surface area contributed by atoms with Crippen LogP contribution in [-0.4, -0.2) is 51.3 Å². The molecular weight excluding hydrogens is 773 g/mol. The van der Waals surface area contributed by atoms with E-state index in [0.717, 1.165) is 54.9 Å². The van der Waals surface area contributed by atoms with Gasteiger partial charge < -0.3 is 19.8 Å². The second kappa shape index (κ2) is 15.1. The zero-order valence-electron chi connectivity index (χ0n) is 36.1. The summed E-state index contributed by atoms with van der Waals surface area (Å²) in [6.07, 6.45) is 13.2. The van der Waals surface area contributed by atoms with Gasteiger partial charge in [-0.25, -0.2) is 9.18 Å². The average molecular weight is 837 g/mol. The number of ether oxygens (including phenoxy) is 1. The lowest BCUT2D eigenvalue weighted by atomic mass is 9.32. The number of fused-ring (bicyclic) bond motifs is 2. The first-order valence-electron chi connectivity index (χ1n) is 22.8. The zero-order chi connectivity index (χ0) is 42.4. The van der Waals surface area contributed by atoms with E-state index in [4.69, 9.17) is 16.3 Å². The van der Waals surface area contributed by atoms with E-state index < -0.39 is 33.8 Å². The Bertz CT molecular complexity index is 2230. The number of aliphatic hydroxyl groups is 2. The Morgan fingerprint density at radius 3 is 2.42 bits per heavy atom. The lowest BCUT2D eigenvalue weighted by Crippen LogP contribution is -2.67. The molecule has 0 radical (unpaired) electrons. The summed E-state index contributed by atoms with van der Waals surface area (Å²) in [6.45, 7) is 11.6. The number of Topliss-reactive ketones (excluding diaryl/α,β-unsaturated/α-hetero) is 1. The first-order valence-corrected chi connectivity index (χ1v) is 23.1. The molecule has 3 aromatic rings. The predicted molar refractivity (Wildman–Crippen MR) is 235 cm³/mol. The van der Waals surface area contributed by atoms with E-state index in [2.05, 4.69) is 77.1 Å². The van der Waals surface area contributed by atoms with Gasteiger partial charge in [-0.2, -0.15) is 0 Å². The highest BCUT2D eigenvalue weighted by Gasteiger charge is 2.74. The molecule has 4 fully saturated rings. The molecule has 11 unspecified atom stereocenters. The van der Waals surface area contributed by atoms with Gasteiger partial charge in [0.15, 0.2) is 5.78 Å². The van der Waals surface area contributed by atoms with Crippen LogP contribution < -0.4 is 0 Å². The second-order valence-electron chi connectivity index (χ2n) is 20.9. The molecule has 0 aromatic heterocycles. The van der Waals surface area contributed by atoms with E-state index in [1.165, 1.54) is 6.07 Å². The van der Waals surface area contributed by atoms with Crippen LogP contribution in [0.2, 0.25) is 5.02 Å². The van der Waals surface area contributed by atoms with Gasteiger partial charge in [-0.1, -0.05) is 119 Å². The third-order valence-electron chi connectivity index (χ3n) is 17.6. The van der Waals surface area contributed by atoms with Gasteiger partial charge in [-0.05, 0) is 121 Å². The highest BCUT2D eigenvalue weighted by Crippen LogP contribution is 2.78. The largest absolute Gasteiger partial charge is 0.446 e. The van der Waals surface area contributed by atoms with Gasteiger partial charge in [0.25, 0.3) is 0 Å². The fourth-order valence-electron chi connectivity index (χ4n) is 14.2. The summed E-state index contributed by atoms with van der Waals surface area (Å²) < 4.78 is 21.9. The number of hydrogen-bond acceptors (Lipinski definition) is 5. The van der Waals surface area contributed by atoms with Gasteiger partial charge in [0.2, 0.25) is 0 Å². The molecular formula is C52H63ClFNO5. The highest BCUT2D eigenvalue weighted by molar-refractivity contribution is 6.31. The van der Waals surface area contributed by atoms with Crippen LogP contribution in [0.15, 0.2) is 84.5 Å². The van der Waals surface area contributed by atoms with Crippen LogP contribution in [0.3, 0.4) is 0 Å². The number of hydrogen-bond donors (Lipinski definition) is 2. The van der Waals surface area contributed by atoms with Crippen LogP contribution in [0.1, 0.15) is 110 Å². The number of carbonyl (C=O) groups is 2. The minimum absolute atomic E-state index is 0.0842. The normalized spacial score (nSPS) is 37.9. The van der Waals surface area contributed by atoms with Crippen LogP contribution in [0, 0.1) is 57.1 Å². The molecule has 0 heterocycles. The number of ketones is 1. The predicted octanol–water partition coefficient (Wildman–Crippen LogP) is 11.4. The van der Waals surface area contributed by atoms with Crippen molar-refractivity contribution in [2.45, 2.75) is 130 Å².